The molecular weight excluding hydrogens is 156 g/mol. The van der Waals surface area contributed by atoms with Gasteiger partial charge in [-0.15, -0.1) is 0 Å². The maximum Gasteiger partial charge on any atom is 0.236 e. The SMILES string of the molecule is CN(CC1CC(O)C1)C(=O)CN. The Labute approximate surface area is 72.3 Å². The molecule has 12 heavy (non-hydrogen) atoms. The van der Waals surface area contributed by atoms with Crippen LogP contribution in [0.5, 0.6) is 0 Å². The number of amides is 1. The lowest BCUT2D eigenvalue weighted by Crippen LogP contribution is -2.41. The number of likely N-dealkylation sites (N-methyl/N-ethyl adjacent to an activating group) is 1. The Balaban J connectivity index is 2.18. The van der Waals surface area contributed by atoms with E-state index in [4.69, 9.17) is 10.8 Å². The van der Waals surface area contributed by atoms with Crippen LogP contribution in [-0.2, 0) is 4.79 Å². The van der Waals surface area contributed by atoms with Gasteiger partial charge in [0.25, 0.3) is 0 Å². The van der Waals surface area contributed by atoms with Crippen molar-refractivity contribution in [3.05, 3.63) is 0 Å². The molecule has 0 spiro atoms. The van der Waals surface area contributed by atoms with Gasteiger partial charge in [0, 0.05) is 13.6 Å². The van der Waals surface area contributed by atoms with Crippen LogP contribution in [0.15, 0.2) is 0 Å². The highest BCUT2D eigenvalue weighted by Crippen LogP contribution is 2.27. The smallest absolute Gasteiger partial charge is 0.236 e. The summed E-state index contributed by atoms with van der Waals surface area (Å²) in [6.45, 7) is 0.804. The fourth-order valence-corrected chi connectivity index (χ4v) is 1.49. The summed E-state index contributed by atoms with van der Waals surface area (Å²) in [6.07, 6.45) is 1.50. The largest absolute Gasteiger partial charge is 0.393 e. The highest BCUT2D eigenvalue weighted by molar-refractivity contribution is 5.77. The van der Waals surface area contributed by atoms with E-state index in [0.717, 1.165) is 19.4 Å². The topological polar surface area (TPSA) is 66.6 Å². The standard InChI is InChI=1S/C8H16N2O2/c1-10(8(12)4-9)5-6-2-7(11)3-6/h6-7,11H,2-5,9H2,1H3. The van der Waals surface area contributed by atoms with Crippen molar-refractivity contribution in [3.8, 4) is 0 Å². The van der Waals surface area contributed by atoms with Crippen molar-refractivity contribution in [1.82, 2.24) is 4.90 Å². The number of hydrogen-bond donors (Lipinski definition) is 2. The van der Waals surface area contributed by atoms with Crippen LogP contribution >= 0.6 is 0 Å². The van der Waals surface area contributed by atoms with E-state index in [2.05, 4.69) is 0 Å². The molecule has 0 bridgehead atoms. The molecule has 1 aliphatic carbocycles. The van der Waals surface area contributed by atoms with Crippen molar-refractivity contribution in [2.75, 3.05) is 20.1 Å². The predicted molar refractivity (Wildman–Crippen MR) is 45.4 cm³/mol. The van der Waals surface area contributed by atoms with Gasteiger partial charge in [-0.05, 0) is 18.8 Å². The number of carbonyl (C=O) groups excluding carboxylic acids is 1. The van der Waals surface area contributed by atoms with Gasteiger partial charge in [-0.3, -0.25) is 4.79 Å². The van der Waals surface area contributed by atoms with Gasteiger partial charge in [0.2, 0.25) is 5.91 Å². The van der Waals surface area contributed by atoms with Crippen LogP contribution in [0.3, 0.4) is 0 Å². The van der Waals surface area contributed by atoms with Gasteiger partial charge in [-0.25, -0.2) is 0 Å². The van der Waals surface area contributed by atoms with E-state index in [-0.39, 0.29) is 18.6 Å². The second-order valence-electron chi connectivity index (χ2n) is 3.47. The lowest BCUT2D eigenvalue weighted by molar-refractivity contribution is -0.130. The molecule has 0 aromatic heterocycles. The Kier molecular flexibility index (Phi) is 3.05. The molecule has 0 saturated heterocycles. The zero-order chi connectivity index (χ0) is 9.14. The van der Waals surface area contributed by atoms with Gasteiger partial charge in [0.05, 0.1) is 12.6 Å². The first kappa shape index (κ1) is 9.48. The molecule has 1 fully saturated rings. The Hall–Kier alpha value is -0.610. The van der Waals surface area contributed by atoms with Gasteiger partial charge in [-0.1, -0.05) is 0 Å². The summed E-state index contributed by atoms with van der Waals surface area (Å²) in [5.74, 6) is 0.442. The number of rotatable bonds is 3. The second kappa shape index (κ2) is 3.87. The third kappa shape index (κ3) is 2.19. The average Bonchev–Trinajstić information content (AvgIpc) is 2.00. The van der Waals surface area contributed by atoms with E-state index in [9.17, 15) is 4.79 Å². The van der Waals surface area contributed by atoms with E-state index in [1.807, 2.05) is 0 Å². The molecule has 0 unspecified atom stereocenters. The first-order valence-electron chi connectivity index (χ1n) is 4.25. The average molecular weight is 172 g/mol. The summed E-state index contributed by atoms with van der Waals surface area (Å²) in [6, 6.07) is 0. The normalized spacial score (nSPS) is 27.9. The Bertz CT molecular complexity index is 166. The van der Waals surface area contributed by atoms with Gasteiger partial charge in [-0.2, -0.15) is 0 Å². The molecule has 70 valence electrons. The first-order chi connectivity index (χ1) is 5.63. The van der Waals surface area contributed by atoms with E-state index in [1.165, 1.54) is 0 Å². The molecule has 1 saturated carbocycles. The van der Waals surface area contributed by atoms with Gasteiger partial charge in [0.1, 0.15) is 0 Å². The molecular formula is C8H16N2O2. The van der Waals surface area contributed by atoms with Crippen LogP contribution in [0.2, 0.25) is 0 Å². The third-order valence-corrected chi connectivity index (χ3v) is 2.34. The molecule has 4 heteroatoms. The lowest BCUT2D eigenvalue weighted by Gasteiger charge is -2.34. The zero-order valence-electron chi connectivity index (χ0n) is 7.36. The minimum absolute atomic E-state index is 0.0311. The molecule has 0 radical (unpaired) electrons. The van der Waals surface area contributed by atoms with Crippen LogP contribution < -0.4 is 5.73 Å². The summed E-state index contributed by atoms with van der Waals surface area (Å²) in [4.78, 5) is 12.6. The minimum Gasteiger partial charge on any atom is -0.393 e. The summed E-state index contributed by atoms with van der Waals surface area (Å²) in [5.41, 5.74) is 5.19. The highest BCUT2D eigenvalue weighted by atomic mass is 16.3. The Morgan fingerprint density at radius 1 is 1.67 bits per heavy atom. The fourth-order valence-electron chi connectivity index (χ4n) is 1.49. The maximum absolute atomic E-state index is 11.0. The Morgan fingerprint density at radius 3 is 2.67 bits per heavy atom. The number of nitrogens with zero attached hydrogens (tertiary/aromatic N) is 1. The molecule has 1 aliphatic rings. The van der Waals surface area contributed by atoms with Gasteiger partial charge >= 0.3 is 0 Å². The summed E-state index contributed by atoms with van der Waals surface area (Å²) < 4.78 is 0. The molecule has 0 aliphatic heterocycles. The van der Waals surface area contributed by atoms with E-state index in [1.54, 1.807) is 11.9 Å². The Morgan fingerprint density at radius 2 is 2.25 bits per heavy atom. The summed E-state index contributed by atoms with van der Waals surface area (Å²) in [5, 5.41) is 9.00. The van der Waals surface area contributed by atoms with Crippen LogP contribution in [0.1, 0.15) is 12.8 Å². The van der Waals surface area contributed by atoms with Crippen molar-refractivity contribution in [1.29, 1.82) is 0 Å². The van der Waals surface area contributed by atoms with Crippen molar-refractivity contribution in [2.24, 2.45) is 11.7 Å². The summed E-state index contributed by atoms with van der Waals surface area (Å²) >= 11 is 0. The van der Waals surface area contributed by atoms with Gasteiger partial charge in [0.15, 0.2) is 0 Å². The molecule has 0 heterocycles. The number of nitrogens with two attached hydrogens (primary N) is 1. The maximum atomic E-state index is 11.0. The predicted octanol–water partition coefficient (Wildman–Crippen LogP) is -0.826. The van der Waals surface area contributed by atoms with Crippen LogP contribution in [-0.4, -0.2) is 42.2 Å². The van der Waals surface area contributed by atoms with E-state index >= 15 is 0 Å². The molecule has 1 amide bonds. The van der Waals surface area contributed by atoms with E-state index < -0.39 is 0 Å². The number of aliphatic hydroxyl groups excluding tert-OH is 1. The van der Waals surface area contributed by atoms with Crippen molar-refractivity contribution in [3.63, 3.8) is 0 Å². The number of aliphatic hydroxyl groups is 1. The first-order valence-corrected chi connectivity index (χ1v) is 4.25. The van der Waals surface area contributed by atoms with Crippen LogP contribution in [0.4, 0.5) is 0 Å². The fraction of sp³-hybridized carbons (Fsp3) is 0.875. The second-order valence-corrected chi connectivity index (χ2v) is 3.47. The molecule has 4 nitrogen and oxygen atoms in total. The van der Waals surface area contributed by atoms with Crippen molar-refractivity contribution in [2.45, 2.75) is 18.9 Å². The summed E-state index contributed by atoms with van der Waals surface area (Å²) in [7, 11) is 1.75. The quantitative estimate of drug-likeness (QED) is 0.584. The van der Waals surface area contributed by atoms with Crippen LogP contribution in [0, 0.1) is 5.92 Å². The lowest BCUT2D eigenvalue weighted by atomic mass is 9.82. The van der Waals surface area contributed by atoms with Crippen molar-refractivity contribution >= 4 is 5.91 Å². The molecule has 1 rings (SSSR count). The molecule has 3 N–H and O–H groups in total. The molecule has 0 aromatic rings. The minimum atomic E-state index is -0.142. The number of hydrogen-bond acceptors (Lipinski definition) is 3. The van der Waals surface area contributed by atoms with Crippen molar-refractivity contribution < 1.29 is 9.90 Å². The monoisotopic (exact) mass is 172 g/mol. The molecule has 0 aromatic carbocycles. The molecule has 0 atom stereocenters. The van der Waals surface area contributed by atoms with Gasteiger partial charge < -0.3 is 15.7 Å². The third-order valence-electron chi connectivity index (χ3n) is 2.34. The zero-order valence-corrected chi connectivity index (χ0v) is 7.36. The number of carbonyl (C=O) groups is 1. The highest BCUT2D eigenvalue weighted by Gasteiger charge is 2.28. The van der Waals surface area contributed by atoms with Crippen LogP contribution in [0.25, 0.3) is 0 Å². The van der Waals surface area contributed by atoms with E-state index in [0.29, 0.717) is 5.92 Å².